The van der Waals surface area contributed by atoms with Gasteiger partial charge in [0.1, 0.15) is 12.7 Å². The van der Waals surface area contributed by atoms with E-state index in [1.807, 2.05) is 36.1 Å². The van der Waals surface area contributed by atoms with Gasteiger partial charge in [0.2, 0.25) is 5.52 Å². The van der Waals surface area contributed by atoms with Gasteiger partial charge >= 0.3 is 0 Å². The summed E-state index contributed by atoms with van der Waals surface area (Å²) in [6.07, 6.45) is 0. The van der Waals surface area contributed by atoms with Crippen molar-refractivity contribution in [3.05, 3.63) is 77.8 Å². The van der Waals surface area contributed by atoms with Crippen molar-refractivity contribution in [1.29, 1.82) is 0 Å². The third-order valence-corrected chi connectivity index (χ3v) is 4.99. The van der Waals surface area contributed by atoms with E-state index in [2.05, 4.69) is 53.2 Å². The van der Waals surface area contributed by atoms with Crippen LogP contribution in [-0.4, -0.2) is 9.90 Å². The lowest BCUT2D eigenvalue weighted by molar-refractivity contribution is -0.725. The normalized spacial score (nSPS) is 11.6. The molecule has 0 radical (unpaired) electrons. The monoisotopic (exact) mass is 344 g/mol. The van der Waals surface area contributed by atoms with Crippen LogP contribution >= 0.6 is 11.6 Å². The molecule has 0 aliphatic rings. The molecule has 5 rings (SSSR count). The van der Waals surface area contributed by atoms with Crippen molar-refractivity contribution in [1.82, 2.24) is 9.90 Å². The van der Waals surface area contributed by atoms with Crippen LogP contribution in [0.2, 0.25) is 5.02 Å². The molecule has 3 nitrogen and oxygen atoms in total. The highest BCUT2D eigenvalue weighted by atomic mass is 35.5. The van der Waals surface area contributed by atoms with E-state index in [-0.39, 0.29) is 0 Å². The van der Waals surface area contributed by atoms with Crippen LogP contribution in [0.5, 0.6) is 0 Å². The van der Waals surface area contributed by atoms with Crippen LogP contribution in [0.1, 0.15) is 0 Å². The molecule has 0 saturated heterocycles. The predicted octanol–water partition coefficient (Wildman–Crippen LogP) is 4.81. The van der Waals surface area contributed by atoms with Crippen molar-refractivity contribution in [2.75, 3.05) is 0 Å². The van der Waals surface area contributed by atoms with Gasteiger partial charge < -0.3 is 0 Å². The Hall–Kier alpha value is -2.91. The molecular formula is C21H15ClN3+. The zero-order chi connectivity index (χ0) is 17.0. The molecule has 0 unspecified atom stereocenters. The zero-order valence-electron chi connectivity index (χ0n) is 13.6. The Kier molecular flexibility index (Phi) is 3.06. The molecule has 0 fully saturated rings. The summed E-state index contributed by atoms with van der Waals surface area (Å²) in [4.78, 5) is 1.93. The maximum atomic E-state index is 6.04. The highest BCUT2D eigenvalue weighted by molar-refractivity contribution is 6.30. The second kappa shape index (κ2) is 5.30. The first-order valence-corrected chi connectivity index (χ1v) is 8.56. The van der Waals surface area contributed by atoms with Gasteiger partial charge in [-0.2, -0.15) is 0 Å². The van der Waals surface area contributed by atoms with E-state index in [4.69, 9.17) is 16.7 Å². The van der Waals surface area contributed by atoms with E-state index in [1.54, 1.807) is 0 Å². The van der Waals surface area contributed by atoms with Crippen LogP contribution in [0.15, 0.2) is 72.8 Å². The predicted molar refractivity (Wildman–Crippen MR) is 102 cm³/mol. The standard InChI is InChI=1S/C21H15ClN3/c1-24-21-19-9-5-3-7-17(19)16-6-2-4-8-18(16)20(21)23-25(24)15-12-10-14(22)11-13-15/h2-13H,1H3/q+1. The lowest BCUT2D eigenvalue weighted by Gasteiger charge is -2.03. The molecule has 0 aliphatic heterocycles. The highest BCUT2D eigenvalue weighted by Crippen LogP contribution is 2.32. The number of fused-ring (bicyclic) bond motifs is 6. The average molecular weight is 345 g/mol. The Morgan fingerprint density at radius 3 is 2.00 bits per heavy atom. The molecule has 5 aromatic rings. The number of hydrogen-bond donors (Lipinski definition) is 0. The molecule has 0 spiro atoms. The minimum Gasteiger partial charge on any atom is -0.150 e. The molecule has 120 valence electrons. The van der Waals surface area contributed by atoms with E-state index in [1.165, 1.54) is 21.5 Å². The van der Waals surface area contributed by atoms with Gasteiger partial charge in [0.15, 0.2) is 0 Å². The molecular weight excluding hydrogens is 330 g/mol. The first-order valence-electron chi connectivity index (χ1n) is 8.18. The SMILES string of the molecule is C[n+]1c2c3ccccc3c3ccccc3c2nn1-c1ccc(Cl)cc1. The van der Waals surface area contributed by atoms with Crippen LogP contribution in [0, 0.1) is 0 Å². The fourth-order valence-corrected chi connectivity index (χ4v) is 3.72. The molecule has 1 aromatic heterocycles. The number of aromatic nitrogens is 3. The summed E-state index contributed by atoms with van der Waals surface area (Å²) in [5.41, 5.74) is 3.12. The number of rotatable bonds is 1. The van der Waals surface area contributed by atoms with Crippen molar-refractivity contribution in [3.63, 3.8) is 0 Å². The summed E-state index contributed by atoms with van der Waals surface area (Å²) in [5.74, 6) is 0. The van der Waals surface area contributed by atoms with E-state index in [0.29, 0.717) is 0 Å². The quantitative estimate of drug-likeness (QED) is 0.316. The summed E-state index contributed by atoms with van der Waals surface area (Å²) in [5, 5.41) is 10.5. The number of aryl methyl sites for hydroxylation is 1. The van der Waals surface area contributed by atoms with Crippen LogP contribution < -0.4 is 4.68 Å². The molecule has 1 heterocycles. The molecule has 0 saturated carbocycles. The highest BCUT2D eigenvalue weighted by Gasteiger charge is 2.23. The second-order valence-electron chi connectivity index (χ2n) is 6.18. The summed E-state index contributed by atoms with van der Waals surface area (Å²) in [6.45, 7) is 0. The van der Waals surface area contributed by atoms with E-state index in [0.717, 1.165) is 21.7 Å². The van der Waals surface area contributed by atoms with Crippen molar-refractivity contribution in [3.8, 4) is 5.69 Å². The van der Waals surface area contributed by atoms with Crippen LogP contribution in [0.4, 0.5) is 0 Å². The van der Waals surface area contributed by atoms with Crippen molar-refractivity contribution in [2.45, 2.75) is 0 Å². The fourth-order valence-electron chi connectivity index (χ4n) is 3.59. The first-order chi connectivity index (χ1) is 12.2. The van der Waals surface area contributed by atoms with Crippen LogP contribution in [0.25, 0.3) is 38.3 Å². The molecule has 0 bridgehead atoms. The van der Waals surface area contributed by atoms with Gasteiger partial charge in [-0.1, -0.05) is 48.0 Å². The van der Waals surface area contributed by atoms with Crippen molar-refractivity contribution >= 4 is 44.2 Å². The number of halogens is 1. The molecule has 25 heavy (non-hydrogen) atoms. The van der Waals surface area contributed by atoms with E-state index >= 15 is 0 Å². The van der Waals surface area contributed by atoms with Gasteiger partial charge in [0.05, 0.1) is 5.10 Å². The zero-order valence-corrected chi connectivity index (χ0v) is 14.4. The van der Waals surface area contributed by atoms with Gasteiger partial charge in [0.25, 0.3) is 5.52 Å². The molecule has 4 aromatic carbocycles. The minimum absolute atomic E-state index is 0.721. The van der Waals surface area contributed by atoms with Gasteiger partial charge in [-0.3, -0.25) is 0 Å². The molecule has 0 aliphatic carbocycles. The Labute approximate surface area is 149 Å². The number of nitrogens with zero attached hydrogens (tertiary/aromatic N) is 3. The number of hydrogen-bond acceptors (Lipinski definition) is 1. The van der Waals surface area contributed by atoms with Crippen LogP contribution in [-0.2, 0) is 7.05 Å². The van der Waals surface area contributed by atoms with Gasteiger partial charge in [-0.05, 0) is 52.0 Å². The minimum atomic E-state index is 0.721. The number of benzene rings is 4. The van der Waals surface area contributed by atoms with E-state index in [9.17, 15) is 0 Å². The van der Waals surface area contributed by atoms with Gasteiger partial charge in [0, 0.05) is 15.8 Å². The van der Waals surface area contributed by atoms with Crippen molar-refractivity contribution in [2.24, 2.45) is 7.05 Å². The maximum absolute atomic E-state index is 6.04. The third-order valence-electron chi connectivity index (χ3n) is 4.74. The lowest BCUT2D eigenvalue weighted by atomic mass is 10.00. The summed E-state index contributed by atoms with van der Waals surface area (Å²) < 4.78 is 2.10. The Morgan fingerprint density at radius 2 is 1.32 bits per heavy atom. The molecule has 0 amide bonds. The molecule has 0 atom stereocenters. The van der Waals surface area contributed by atoms with Crippen LogP contribution in [0.3, 0.4) is 0 Å². The van der Waals surface area contributed by atoms with E-state index < -0.39 is 0 Å². The summed E-state index contributed by atoms with van der Waals surface area (Å²) >= 11 is 6.04. The third kappa shape index (κ3) is 2.06. The smallest absolute Gasteiger partial charge is 0.150 e. The Bertz CT molecular complexity index is 1250. The Morgan fingerprint density at radius 1 is 0.760 bits per heavy atom. The largest absolute Gasteiger partial charge is 0.258 e. The summed E-state index contributed by atoms with van der Waals surface area (Å²) in [7, 11) is 2.05. The topological polar surface area (TPSA) is 21.7 Å². The van der Waals surface area contributed by atoms with Crippen molar-refractivity contribution < 1.29 is 4.68 Å². The van der Waals surface area contributed by atoms with Gasteiger partial charge in [-0.25, -0.2) is 0 Å². The molecule has 0 N–H and O–H groups in total. The average Bonchev–Trinajstić information content (AvgIpc) is 3.00. The van der Waals surface area contributed by atoms with Gasteiger partial charge in [-0.15, -0.1) is 4.68 Å². The second-order valence-corrected chi connectivity index (χ2v) is 6.61. The lowest BCUT2D eigenvalue weighted by Crippen LogP contribution is -2.38. The first kappa shape index (κ1) is 14.4. The molecule has 4 heteroatoms. The summed E-state index contributed by atoms with van der Waals surface area (Å²) in [6, 6.07) is 24.7. The maximum Gasteiger partial charge on any atom is 0.258 e. The fraction of sp³-hybridized carbons (Fsp3) is 0.0476. The Balaban J connectivity index is 1.99.